The lowest BCUT2D eigenvalue weighted by molar-refractivity contribution is 0.355. The van der Waals surface area contributed by atoms with Gasteiger partial charge in [-0.25, -0.2) is 0 Å². The summed E-state index contributed by atoms with van der Waals surface area (Å²) < 4.78 is 38.4. The molecule has 0 unspecified atom stereocenters. The van der Waals surface area contributed by atoms with Crippen LogP contribution in [0.25, 0.3) is 0 Å². The molecule has 1 saturated heterocycles. The molecule has 1 aromatic rings. The number of hydrogen-bond donors (Lipinski definition) is 1. The number of rotatable bonds is 5. The minimum Gasteiger partial charge on any atom is -0.493 e. The number of anilines is 1. The standard InChI is InChI=1S/C12H18N2O4S/c1-17-11-6-5-10(9-12(11)18-2)13-19(15,16)14-7-3-4-8-14/h5-6,9,13H,3-4,7-8H2,1-2H3. The van der Waals surface area contributed by atoms with E-state index in [1.807, 2.05) is 0 Å². The Morgan fingerprint density at radius 1 is 1.11 bits per heavy atom. The second-order valence-electron chi connectivity index (χ2n) is 4.28. The second kappa shape index (κ2) is 5.66. The van der Waals surface area contributed by atoms with Crippen LogP contribution in [0.3, 0.4) is 0 Å². The molecule has 0 saturated carbocycles. The Morgan fingerprint density at radius 3 is 2.32 bits per heavy atom. The maximum Gasteiger partial charge on any atom is 0.301 e. The number of benzene rings is 1. The van der Waals surface area contributed by atoms with Crippen molar-refractivity contribution in [3.63, 3.8) is 0 Å². The van der Waals surface area contributed by atoms with Gasteiger partial charge in [0, 0.05) is 19.2 Å². The molecule has 1 aromatic carbocycles. The molecule has 19 heavy (non-hydrogen) atoms. The molecule has 7 heteroatoms. The maximum atomic E-state index is 12.1. The minimum atomic E-state index is -3.47. The molecule has 0 amide bonds. The van der Waals surface area contributed by atoms with Crippen molar-refractivity contribution < 1.29 is 17.9 Å². The lowest BCUT2D eigenvalue weighted by Crippen LogP contribution is -2.33. The van der Waals surface area contributed by atoms with E-state index in [0.717, 1.165) is 12.8 Å². The predicted octanol–water partition coefficient (Wildman–Crippen LogP) is 1.46. The SMILES string of the molecule is COc1ccc(NS(=O)(=O)N2CCCC2)cc1OC. The van der Waals surface area contributed by atoms with Crippen molar-refractivity contribution in [2.75, 3.05) is 32.0 Å². The lowest BCUT2D eigenvalue weighted by atomic mass is 10.3. The Morgan fingerprint density at radius 2 is 1.74 bits per heavy atom. The Bertz CT molecular complexity index is 539. The van der Waals surface area contributed by atoms with Crippen LogP contribution in [0.5, 0.6) is 11.5 Å². The number of methoxy groups -OCH3 is 2. The minimum absolute atomic E-state index is 0.463. The van der Waals surface area contributed by atoms with Gasteiger partial charge in [0.1, 0.15) is 0 Å². The molecule has 106 valence electrons. The third-order valence-electron chi connectivity index (χ3n) is 3.04. The molecule has 0 bridgehead atoms. The fourth-order valence-corrected chi connectivity index (χ4v) is 3.33. The first kappa shape index (κ1) is 14.0. The van der Waals surface area contributed by atoms with E-state index < -0.39 is 10.2 Å². The molecule has 0 spiro atoms. The average molecular weight is 286 g/mol. The van der Waals surface area contributed by atoms with Crippen molar-refractivity contribution in [2.24, 2.45) is 0 Å². The average Bonchev–Trinajstić information content (AvgIpc) is 2.93. The number of hydrogen-bond acceptors (Lipinski definition) is 4. The van der Waals surface area contributed by atoms with Gasteiger partial charge < -0.3 is 9.47 Å². The van der Waals surface area contributed by atoms with E-state index >= 15 is 0 Å². The molecule has 1 aliphatic heterocycles. The Hall–Kier alpha value is -1.47. The topological polar surface area (TPSA) is 67.9 Å². The van der Waals surface area contributed by atoms with Gasteiger partial charge in [-0.15, -0.1) is 0 Å². The Kier molecular flexibility index (Phi) is 4.16. The van der Waals surface area contributed by atoms with Gasteiger partial charge in [-0.1, -0.05) is 0 Å². The number of nitrogens with zero attached hydrogens (tertiary/aromatic N) is 1. The molecule has 1 fully saturated rings. The third-order valence-corrected chi connectivity index (χ3v) is 4.57. The first-order chi connectivity index (χ1) is 9.06. The van der Waals surface area contributed by atoms with E-state index in [9.17, 15) is 8.42 Å². The maximum absolute atomic E-state index is 12.1. The van der Waals surface area contributed by atoms with Crippen molar-refractivity contribution >= 4 is 15.9 Å². The second-order valence-corrected chi connectivity index (χ2v) is 5.95. The van der Waals surface area contributed by atoms with Gasteiger partial charge in [0.15, 0.2) is 11.5 Å². The molecule has 1 aliphatic rings. The van der Waals surface area contributed by atoms with Crippen LogP contribution in [-0.2, 0) is 10.2 Å². The zero-order valence-electron chi connectivity index (χ0n) is 11.0. The summed E-state index contributed by atoms with van der Waals surface area (Å²) in [5.41, 5.74) is 0.463. The molecule has 1 heterocycles. The van der Waals surface area contributed by atoms with E-state index in [4.69, 9.17) is 9.47 Å². The van der Waals surface area contributed by atoms with Crippen molar-refractivity contribution in [1.29, 1.82) is 0 Å². The first-order valence-corrected chi connectivity index (χ1v) is 7.51. The summed E-state index contributed by atoms with van der Waals surface area (Å²) in [6, 6.07) is 4.92. The van der Waals surface area contributed by atoms with E-state index in [2.05, 4.69) is 4.72 Å². The van der Waals surface area contributed by atoms with Gasteiger partial charge in [-0.3, -0.25) is 4.72 Å². The van der Waals surface area contributed by atoms with Crippen LogP contribution in [0.1, 0.15) is 12.8 Å². The van der Waals surface area contributed by atoms with Gasteiger partial charge >= 0.3 is 10.2 Å². The molecular formula is C12H18N2O4S. The number of ether oxygens (including phenoxy) is 2. The van der Waals surface area contributed by atoms with Crippen molar-refractivity contribution in [3.8, 4) is 11.5 Å². The van der Waals surface area contributed by atoms with E-state index in [0.29, 0.717) is 30.3 Å². The summed E-state index contributed by atoms with van der Waals surface area (Å²) in [7, 11) is -0.426. The van der Waals surface area contributed by atoms with Gasteiger partial charge in [-0.2, -0.15) is 12.7 Å². The van der Waals surface area contributed by atoms with Crippen LogP contribution in [-0.4, -0.2) is 40.0 Å². The van der Waals surface area contributed by atoms with Gasteiger partial charge in [-0.05, 0) is 25.0 Å². The highest BCUT2D eigenvalue weighted by Gasteiger charge is 2.25. The van der Waals surface area contributed by atoms with E-state index in [1.54, 1.807) is 18.2 Å². The molecule has 0 atom stereocenters. The summed E-state index contributed by atoms with van der Waals surface area (Å²) in [6.07, 6.45) is 1.82. The smallest absolute Gasteiger partial charge is 0.301 e. The fraction of sp³-hybridized carbons (Fsp3) is 0.500. The summed E-state index contributed by atoms with van der Waals surface area (Å²) in [5.74, 6) is 1.05. The molecular weight excluding hydrogens is 268 g/mol. The summed E-state index contributed by atoms with van der Waals surface area (Å²) >= 11 is 0. The van der Waals surface area contributed by atoms with E-state index in [1.165, 1.54) is 18.5 Å². The van der Waals surface area contributed by atoms with Crippen LogP contribution < -0.4 is 14.2 Å². The van der Waals surface area contributed by atoms with Gasteiger partial charge in [0.25, 0.3) is 0 Å². The van der Waals surface area contributed by atoms with Crippen LogP contribution in [0.2, 0.25) is 0 Å². The number of nitrogens with one attached hydrogen (secondary N) is 1. The monoisotopic (exact) mass is 286 g/mol. The van der Waals surface area contributed by atoms with Crippen molar-refractivity contribution in [3.05, 3.63) is 18.2 Å². The van der Waals surface area contributed by atoms with Gasteiger partial charge in [0.2, 0.25) is 0 Å². The highest BCUT2D eigenvalue weighted by Crippen LogP contribution is 2.30. The Balaban J connectivity index is 2.18. The van der Waals surface area contributed by atoms with Crippen LogP contribution in [0.15, 0.2) is 18.2 Å². The zero-order chi connectivity index (χ0) is 13.9. The molecule has 2 rings (SSSR count). The van der Waals surface area contributed by atoms with Crippen LogP contribution in [0, 0.1) is 0 Å². The Labute approximate surface area is 113 Å². The molecule has 0 aliphatic carbocycles. The van der Waals surface area contributed by atoms with Crippen molar-refractivity contribution in [2.45, 2.75) is 12.8 Å². The predicted molar refractivity (Wildman–Crippen MR) is 72.9 cm³/mol. The molecule has 0 aromatic heterocycles. The normalized spacial score (nSPS) is 16.3. The largest absolute Gasteiger partial charge is 0.493 e. The molecule has 1 N–H and O–H groups in total. The third kappa shape index (κ3) is 3.10. The van der Waals surface area contributed by atoms with Crippen LogP contribution in [0.4, 0.5) is 5.69 Å². The quantitative estimate of drug-likeness (QED) is 0.889. The highest BCUT2D eigenvalue weighted by atomic mass is 32.2. The van der Waals surface area contributed by atoms with Gasteiger partial charge in [0.05, 0.1) is 19.9 Å². The first-order valence-electron chi connectivity index (χ1n) is 6.07. The summed E-state index contributed by atoms with van der Waals surface area (Å²) in [6.45, 7) is 1.14. The lowest BCUT2D eigenvalue weighted by Gasteiger charge is -2.17. The van der Waals surface area contributed by atoms with Crippen molar-refractivity contribution in [1.82, 2.24) is 4.31 Å². The molecule has 0 radical (unpaired) electrons. The summed E-state index contributed by atoms with van der Waals surface area (Å²) in [5, 5.41) is 0. The summed E-state index contributed by atoms with van der Waals surface area (Å²) in [4.78, 5) is 0. The zero-order valence-corrected chi connectivity index (χ0v) is 11.9. The highest BCUT2D eigenvalue weighted by molar-refractivity contribution is 7.90. The van der Waals surface area contributed by atoms with Crippen LogP contribution >= 0.6 is 0 Å². The fourth-order valence-electron chi connectivity index (χ4n) is 2.04. The molecule has 6 nitrogen and oxygen atoms in total. The van der Waals surface area contributed by atoms with E-state index in [-0.39, 0.29) is 0 Å².